The van der Waals surface area contributed by atoms with Crippen molar-refractivity contribution in [3.05, 3.63) is 35.9 Å². The number of amides is 5. The fourth-order valence-corrected chi connectivity index (χ4v) is 2.62. The molecular formula is C19H26N6O7. The van der Waals surface area contributed by atoms with Crippen LogP contribution >= 0.6 is 0 Å². The Bertz CT molecular complexity index is 861. The summed E-state index contributed by atoms with van der Waals surface area (Å²) in [5.41, 5.74) is 16.4. The molecule has 174 valence electrons. The van der Waals surface area contributed by atoms with Gasteiger partial charge >= 0.3 is 5.97 Å². The SMILES string of the molecule is NC(=O)CC(N)C(=O)NC(Cc1ccccc1)C(=O)NC(CC(N)=O)C(=O)NCC(=O)O. The number of hydrogen-bond acceptors (Lipinski definition) is 7. The number of carbonyl (C=O) groups excluding carboxylic acids is 5. The standard InChI is InChI=1S/C19H26N6O7/c20-11(7-14(21)26)17(30)24-12(6-10-4-2-1-3-5-10)19(32)25-13(8-15(22)27)18(31)23-9-16(28)29/h1-5,11-13H,6-9,20H2,(H2,21,26)(H2,22,27)(H,23,31)(H,24,30)(H,25,32)(H,28,29). The zero-order valence-electron chi connectivity index (χ0n) is 17.1. The van der Waals surface area contributed by atoms with Crippen LogP contribution < -0.4 is 33.2 Å². The van der Waals surface area contributed by atoms with E-state index >= 15 is 0 Å². The number of nitrogens with one attached hydrogen (secondary N) is 3. The van der Waals surface area contributed by atoms with Gasteiger partial charge in [-0.3, -0.25) is 28.8 Å². The number of primary amides is 2. The molecule has 13 nitrogen and oxygen atoms in total. The average molecular weight is 450 g/mol. The zero-order valence-corrected chi connectivity index (χ0v) is 17.1. The highest BCUT2D eigenvalue weighted by molar-refractivity contribution is 5.96. The number of carboxylic acids is 1. The quantitative estimate of drug-likeness (QED) is 0.158. The van der Waals surface area contributed by atoms with E-state index in [1.807, 2.05) is 5.32 Å². The molecule has 0 radical (unpaired) electrons. The summed E-state index contributed by atoms with van der Waals surface area (Å²) >= 11 is 0. The van der Waals surface area contributed by atoms with E-state index in [2.05, 4.69) is 10.6 Å². The number of carboxylic acid groups (broad SMARTS) is 1. The zero-order chi connectivity index (χ0) is 24.3. The van der Waals surface area contributed by atoms with Crippen LogP contribution in [0.3, 0.4) is 0 Å². The van der Waals surface area contributed by atoms with Crippen LogP contribution in [0.5, 0.6) is 0 Å². The second kappa shape index (κ2) is 12.6. The second-order valence-corrected chi connectivity index (χ2v) is 6.87. The summed E-state index contributed by atoms with van der Waals surface area (Å²) in [6, 6.07) is 4.52. The van der Waals surface area contributed by atoms with Gasteiger partial charge in [-0.05, 0) is 5.56 Å². The van der Waals surface area contributed by atoms with Crippen LogP contribution in [-0.4, -0.2) is 65.3 Å². The van der Waals surface area contributed by atoms with Crippen molar-refractivity contribution in [1.29, 1.82) is 0 Å². The monoisotopic (exact) mass is 450 g/mol. The summed E-state index contributed by atoms with van der Waals surface area (Å²) in [5.74, 6) is -5.71. The lowest BCUT2D eigenvalue weighted by molar-refractivity contribution is -0.138. The Hall–Kier alpha value is -4.00. The summed E-state index contributed by atoms with van der Waals surface area (Å²) in [5, 5.41) is 15.4. The Kier molecular flexibility index (Phi) is 10.3. The van der Waals surface area contributed by atoms with Crippen LogP contribution in [0, 0.1) is 0 Å². The maximum atomic E-state index is 12.9. The van der Waals surface area contributed by atoms with Gasteiger partial charge in [-0.25, -0.2) is 0 Å². The van der Waals surface area contributed by atoms with Crippen molar-refractivity contribution < 1.29 is 33.9 Å². The van der Waals surface area contributed by atoms with E-state index in [1.54, 1.807) is 30.3 Å². The van der Waals surface area contributed by atoms with E-state index in [0.717, 1.165) is 0 Å². The highest BCUT2D eigenvalue weighted by atomic mass is 16.4. The van der Waals surface area contributed by atoms with E-state index in [1.165, 1.54) is 0 Å². The van der Waals surface area contributed by atoms with Gasteiger partial charge in [0, 0.05) is 6.42 Å². The van der Waals surface area contributed by atoms with Crippen LogP contribution in [0.4, 0.5) is 0 Å². The van der Waals surface area contributed by atoms with Gasteiger partial charge in [-0.1, -0.05) is 30.3 Å². The van der Waals surface area contributed by atoms with Crippen molar-refractivity contribution in [2.75, 3.05) is 6.54 Å². The summed E-state index contributed by atoms with van der Waals surface area (Å²) < 4.78 is 0. The number of aliphatic carboxylic acids is 1. The first kappa shape index (κ1) is 26.0. The molecule has 1 rings (SSSR count). The lowest BCUT2D eigenvalue weighted by Crippen LogP contribution is -2.57. The number of nitrogens with two attached hydrogens (primary N) is 3. The minimum absolute atomic E-state index is 0.0122. The topological polar surface area (TPSA) is 237 Å². The molecule has 0 aliphatic heterocycles. The van der Waals surface area contributed by atoms with Gasteiger partial charge in [0.2, 0.25) is 29.5 Å². The molecule has 0 heterocycles. The normalized spacial score (nSPS) is 13.2. The molecule has 10 N–H and O–H groups in total. The third kappa shape index (κ3) is 9.67. The fourth-order valence-electron chi connectivity index (χ4n) is 2.62. The summed E-state index contributed by atoms with van der Waals surface area (Å²) in [6.45, 7) is -0.740. The summed E-state index contributed by atoms with van der Waals surface area (Å²) in [4.78, 5) is 70.3. The lowest BCUT2D eigenvalue weighted by atomic mass is 10.0. The van der Waals surface area contributed by atoms with Gasteiger partial charge in [-0.15, -0.1) is 0 Å². The van der Waals surface area contributed by atoms with Gasteiger partial charge in [0.15, 0.2) is 0 Å². The minimum atomic E-state index is -1.48. The van der Waals surface area contributed by atoms with Crippen LogP contribution in [0.1, 0.15) is 18.4 Å². The molecule has 0 aliphatic carbocycles. The maximum absolute atomic E-state index is 12.9. The first-order valence-corrected chi connectivity index (χ1v) is 9.46. The van der Waals surface area contributed by atoms with Crippen LogP contribution in [0.2, 0.25) is 0 Å². The van der Waals surface area contributed by atoms with Crippen molar-refractivity contribution in [3.8, 4) is 0 Å². The highest BCUT2D eigenvalue weighted by Gasteiger charge is 2.29. The lowest BCUT2D eigenvalue weighted by Gasteiger charge is -2.23. The van der Waals surface area contributed by atoms with E-state index in [-0.39, 0.29) is 6.42 Å². The average Bonchev–Trinajstić information content (AvgIpc) is 2.70. The van der Waals surface area contributed by atoms with E-state index < -0.39 is 73.0 Å². The van der Waals surface area contributed by atoms with Gasteiger partial charge < -0.3 is 38.3 Å². The molecule has 0 aromatic heterocycles. The molecule has 0 saturated carbocycles. The third-order valence-electron chi connectivity index (χ3n) is 4.13. The molecule has 13 heteroatoms. The largest absolute Gasteiger partial charge is 0.480 e. The van der Waals surface area contributed by atoms with Crippen LogP contribution in [0.25, 0.3) is 0 Å². The molecule has 3 unspecified atom stereocenters. The predicted octanol–water partition coefficient (Wildman–Crippen LogP) is -3.52. The van der Waals surface area contributed by atoms with Crippen molar-refractivity contribution in [3.63, 3.8) is 0 Å². The maximum Gasteiger partial charge on any atom is 0.322 e. The first-order chi connectivity index (χ1) is 15.0. The third-order valence-corrected chi connectivity index (χ3v) is 4.13. The number of rotatable bonds is 13. The van der Waals surface area contributed by atoms with E-state index in [0.29, 0.717) is 5.56 Å². The van der Waals surface area contributed by atoms with Gasteiger partial charge in [0.05, 0.1) is 18.9 Å². The van der Waals surface area contributed by atoms with Crippen molar-refractivity contribution in [2.45, 2.75) is 37.4 Å². The smallest absolute Gasteiger partial charge is 0.322 e. The molecule has 0 aliphatic rings. The molecule has 5 amide bonds. The summed E-state index contributed by atoms with van der Waals surface area (Å²) in [6.07, 6.45) is -1.07. The van der Waals surface area contributed by atoms with E-state index in [9.17, 15) is 28.8 Å². The number of benzene rings is 1. The van der Waals surface area contributed by atoms with Crippen molar-refractivity contribution in [1.82, 2.24) is 16.0 Å². The molecule has 1 aromatic rings. The Morgan fingerprint density at radius 3 is 1.91 bits per heavy atom. The predicted molar refractivity (Wildman–Crippen MR) is 110 cm³/mol. The van der Waals surface area contributed by atoms with Gasteiger partial charge in [-0.2, -0.15) is 0 Å². The first-order valence-electron chi connectivity index (χ1n) is 9.46. The highest BCUT2D eigenvalue weighted by Crippen LogP contribution is 2.05. The van der Waals surface area contributed by atoms with E-state index in [4.69, 9.17) is 22.3 Å². The Balaban J connectivity index is 3.02. The summed E-state index contributed by atoms with van der Waals surface area (Å²) in [7, 11) is 0. The second-order valence-electron chi connectivity index (χ2n) is 6.87. The Morgan fingerprint density at radius 1 is 0.812 bits per heavy atom. The fraction of sp³-hybridized carbons (Fsp3) is 0.368. The van der Waals surface area contributed by atoms with Crippen molar-refractivity contribution in [2.24, 2.45) is 17.2 Å². The Labute approximate surface area is 183 Å². The van der Waals surface area contributed by atoms with Crippen molar-refractivity contribution >= 4 is 35.5 Å². The van der Waals surface area contributed by atoms with Crippen LogP contribution in [0.15, 0.2) is 30.3 Å². The molecule has 1 aromatic carbocycles. The number of hydrogen-bond donors (Lipinski definition) is 7. The molecule has 0 bridgehead atoms. The van der Waals surface area contributed by atoms with Gasteiger partial charge in [0.25, 0.3) is 0 Å². The Morgan fingerprint density at radius 2 is 1.38 bits per heavy atom. The van der Waals surface area contributed by atoms with Crippen LogP contribution in [-0.2, 0) is 35.2 Å². The molecule has 0 fully saturated rings. The minimum Gasteiger partial charge on any atom is -0.480 e. The number of carbonyl (C=O) groups is 6. The molecular weight excluding hydrogens is 424 g/mol. The molecule has 0 saturated heterocycles. The molecule has 0 spiro atoms. The molecule has 3 atom stereocenters. The molecule has 32 heavy (non-hydrogen) atoms. The van der Waals surface area contributed by atoms with Gasteiger partial charge in [0.1, 0.15) is 18.6 Å².